The summed E-state index contributed by atoms with van der Waals surface area (Å²) in [5.41, 5.74) is 1.52. The third kappa shape index (κ3) is 3.43. The Morgan fingerprint density at radius 3 is 2.84 bits per heavy atom. The third-order valence-corrected chi connectivity index (χ3v) is 4.37. The van der Waals surface area contributed by atoms with Gasteiger partial charge in [0.15, 0.2) is 0 Å². The maximum atomic E-state index is 13.9. The van der Waals surface area contributed by atoms with Crippen molar-refractivity contribution in [3.63, 3.8) is 0 Å². The van der Waals surface area contributed by atoms with E-state index in [2.05, 4.69) is 32.9 Å². The van der Waals surface area contributed by atoms with Crippen molar-refractivity contribution in [3.05, 3.63) is 62.2 Å². The van der Waals surface area contributed by atoms with Gasteiger partial charge in [0.2, 0.25) is 0 Å². The Morgan fingerprint density at radius 1 is 1.42 bits per heavy atom. The quantitative estimate of drug-likeness (QED) is 0.792. The molecule has 19 heavy (non-hydrogen) atoms. The summed E-state index contributed by atoms with van der Waals surface area (Å²) >= 11 is 8.31. The van der Waals surface area contributed by atoms with Crippen LogP contribution in [-0.4, -0.2) is 11.5 Å². The predicted octanol–water partition coefficient (Wildman–Crippen LogP) is 4.18. The second kappa shape index (κ2) is 6.63. The zero-order valence-corrected chi connectivity index (χ0v) is 13.2. The molecular weight excluding hydrogens is 378 g/mol. The normalized spacial score (nSPS) is 12.4. The fraction of sp³-hybridized carbons (Fsp3) is 0.214. The summed E-state index contributed by atoms with van der Waals surface area (Å²) < 4.78 is 14.9. The molecule has 1 N–H and O–H groups in total. The number of nitrogens with zero attached hydrogens (tertiary/aromatic N) is 1. The molecule has 1 aromatic carbocycles. The largest absolute Gasteiger partial charge is 0.306 e. The number of nitrogens with one attached hydrogen (secondary N) is 1. The van der Waals surface area contributed by atoms with Crippen LogP contribution in [0.4, 0.5) is 4.39 Å². The lowest BCUT2D eigenvalue weighted by atomic mass is 9.99. The van der Waals surface area contributed by atoms with Gasteiger partial charge in [0.05, 0.1) is 17.3 Å². The van der Waals surface area contributed by atoms with Crippen LogP contribution in [0.1, 0.15) is 24.1 Å². The molecule has 0 spiro atoms. The number of pyridine rings is 1. The van der Waals surface area contributed by atoms with E-state index in [0.29, 0.717) is 10.6 Å². The van der Waals surface area contributed by atoms with E-state index in [-0.39, 0.29) is 11.9 Å². The summed E-state index contributed by atoms with van der Waals surface area (Å²) in [7, 11) is 0. The number of aromatic nitrogens is 1. The Hall–Kier alpha value is -0.720. The maximum absolute atomic E-state index is 13.9. The van der Waals surface area contributed by atoms with E-state index in [1.165, 1.54) is 6.20 Å². The van der Waals surface area contributed by atoms with E-state index < -0.39 is 0 Å². The average Bonchev–Trinajstić information content (AvgIpc) is 2.40. The highest BCUT2D eigenvalue weighted by molar-refractivity contribution is 14.1. The smallest absolute Gasteiger partial charge is 0.146 e. The molecule has 0 aliphatic carbocycles. The van der Waals surface area contributed by atoms with Crippen molar-refractivity contribution < 1.29 is 4.39 Å². The minimum Gasteiger partial charge on any atom is -0.306 e. The van der Waals surface area contributed by atoms with Gasteiger partial charge in [-0.3, -0.25) is 4.98 Å². The van der Waals surface area contributed by atoms with Crippen LogP contribution in [0.25, 0.3) is 0 Å². The van der Waals surface area contributed by atoms with E-state index in [4.69, 9.17) is 11.6 Å². The molecule has 5 heteroatoms. The fourth-order valence-electron chi connectivity index (χ4n) is 1.92. The average molecular weight is 391 g/mol. The topological polar surface area (TPSA) is 24.9 Å². The van der Waals surface area contributed by atoms with Crippen molar-refractivity contribution in [2.45, 2.75) is 13.0 Å². The van der Waals surface area contributed by atoms with E-state index in [9.17, 15) is 4.39 Å². The summed E-state index contributed by atoms with van der Waals surface area (Å²) in [5, 5.41) is 3.95. The van der Waals surface area contributed by atoms with Crippen LogP contribution in [0.3, 0.4) is 0 Å². The lowest BCUT2D eigenvalue weighted by molar-refractivity contribution is 0.554. The molecule has 0 amide bonds. The van der Waals surface area contributed by atoms with Crippen molar-refractivity contribution in [2.75, 3.05) is 6.54 Å². The first-order valence-electron chi connectivity index (χ1n) is 5.91. The molecule has 0 aliphatic heterocycles. The first-order valence-corrected chi connectivity index (χ1v) is 7.37. The molecule has 0 bridgehead atoms. The molecule has 100 valence electrons. The SMILES string of the molecule is CCNC(c1ccc(I)c(Cl)c1)c1ccncc1F. The minimum atomic E-state index is -0.317. The minimum absolute atomic E-state index is 0.220. The highest BCUT2D eigenvalue weighted by atomic mass is 127. The molecule has 0 saturated carbocycles. The molecule has 2 rings (SSSR count). The van der Waals surface area contributed by atoms with Crippen molar-refractivity contribution in [1.82, 2.24) is 10.3 Å². The van der Waals surface area contributed by atoms with Crippen LogP contribution in [0.15, 0.2) is 36.7 Å². The van der Waals surface area contributed by atoms with E-state index in [1.807, 2.05) is 25.1 Å². The summed E-state index contributed by atoms with van der Waals surface area (Å²) in [6.45, 7) is 2.72. The molecule has 0 saturated heterocycles. The lowest BCUT2D eigenvalue weighted by Crippen LogP contribution is -2.23. The Labute approximate surface area is 130 Å². The van der Waals surface area contributed by atoms with Crippen LogP contribution in [-0.2, 0) is 0 Å². The van der Waals surface area contributed by atoms with Gasteiger partial charge in [0, 0.05) is 15.3 Å². The zero-order chi connectivity index (χ0) is 13.8. The van der Waals surface area contributed by atoms with E-state index >= 15 is 0 Å². The van der Waals surface area contributed by atoms with Crippen molar-refractivity contribution in [1.29, 1.82) is 0 Å². The number of hydrogen-bond acceptors (Lipinski definition) is 2. The monoisotopic (exact) mass is 390 g/mol. The van der Waals surface area contributed by atoms with Crippen LogP contribution in [0.2, 0.25) is 5.02 Å². The molecular formula is C14H13ClFIN2. The summed E-state index contributed by atoms with van der Waals surface area (Å²) in [6.07, 6.45) is 2.82. The van der Waals surface area contributed by atoms with Crippen LogP contribution in [0.5, 0.6) is 0 Å². The van der Waals surface area contributed by atoms with Gasteiger partial charge in [-0.1, -0.05) is 24.6 Å². The molecule has 2 nitrogen and oxygen atoms in total. The van der Waals surface area contributed by atoms with Gasteiger partial charge < -0.3 is 5.32 Å². The summed E-state index contributed by atoms with van der Waals surface area (Å²) in [5.74, 6) is -0.317. The Kier molecular flexibility index (Phi) is 5.13. The van der Waals surface area contributed by atoms with Gasteiger partial charge in [-0.2, -0.15) is 0 Å². The number of halogens is 3. The van der Waals surface area contributed by atoms with Gasteiger partial charge in [-0.05, 0) is 52.9 Å². The van der Waals surface area contributed by atoms with Crippen LogP contribution >= 0.6 is 34.2 Å². The highest BCUT2D eigenvalue weighted by Crippen LogP contribution is 2.28. The first-order chi connectivity index (χ1) is 9.13. The molecule has 1 heterocycles. The number of rotatable bonds is 4. The standard InChI is InChI=1S/C14H13ClFIN2/c1-2-19-14(10-5-6-18-8-12(10)16)9-3-4-13(17)11(15)7-9/h3-8,14,19H,2H2,1H3. The van der Waals surface area contributed by atoms with E-state index in [1.54, 1.807) is 12.3 Å². The zero-order valence-electron chi connectivity index (χ0n) is 10.3. The summed E-state index contributed by atoms with van der Waals surface area (Å²) in [4.78, 5) is 3.78. The molecule has 0 aliphatic rings. The second-order valence-electron chi connectivity index (χ2n) is 4.06. The fourth-order valence-corrected chi connectivity index (χ4v) is 2.45. The third-order valence-electron chi connectivity index (χ3n) is 2.80. The molecule has 1 unspecified atom stereocenters. The van der Waals surface area contributed by atoms with Crippen molar-refractivity contribution >= 4 is 34.2 Å². The first kappa shape index (κ1) is 14.7. The van der Waals surface area contributed by atoms with Gasteiger partial charge in [-0.25, -0.2) is 4.39 Å². The van der Waals surface area contributed by atoms with Crippen LogP contribution < -0.4 is 5.32 Å². The molecule has 0 fully saturated rings. The molecule has 1 aromatic heterocycles. The Morgan fingerprint density at radius 2 is 2.21 bits per heavy atom. The second-order valence-corrected chi connectivity index (χ2v) is 5.63. The van der Waals surface area contributed by atoms with Gasteiger partial charge in [0.25, 0.3) is 0 Å². The van der Waals surface area contributed by atoms with Gasteiger partial charge >= 0.3 is 0 Å². The number of hydrogen-bond donors (Lipinski definition) is 1. The Balaban J connectivity index is 2.45. The van der Waals surface area contributed by atoms with Crippen LogP contribution in [0, 0.1) is 9.39 Å². The molecule has 0 radical (unpaired) electrons. The Bertz CT molecular complexity index is 577. The number of benzene rings is 1. The maximum Gasteiger partial charge on any atom is 0.146 e. The van der Waals surface area contributed by atoms with E-state index in [0.717, 1.165) is 15.7 Å². The van der Waals surface area contributed by atoms with Gasteiger partial charge in [0.1, 0.15) is 5.82 Å². The van der Waals surface area contributed by atoms with Crippen molar-refractivity contribution in [3.8, 4) is 0 Å². The molecule has 2 aromatic rings. The molecule has 1 atom stereocenters. The van der Waals surface area contributed by atoms with Crippen molar-refractivity contribution in [2.24, 2.45) is 0 Å². The predicted molar refractivity (Wildman–Crippen MR) is 83.9 cm³/mol. The highest BCUT2D eigenvalue weighted by Gasteiger charge is 2.17. The lowest BCUT2D eigenvalue weighted by Gasteiger charge is -2.19. The van der Waals surface area contributed by atoms with Gasteiger partial charge in [-0.15, -0.1) is 0 Å². The summed E-state index contributed by atoms with van der Waals surface area (Å²) in [6, 6.07) is 7.23.